The molecule has 0 aliphatic heterocycles. The first kappa shape index (κ1) is 17.8. The van der Waals surface area contributed by atoms with Crippen molar-refractivity contribution < 1.29 is 4.79 Å². The van der Waals surface area contributed by atoms with Gasteiger partial charge in [-0.15, -0.1) is 11.3 Å². The second-order valence-electron chi connectivity index (χ2n) is 5.44. The molecule has 4 heterocycles. The van der Waals surface area contributed by atoms with Crippen LogP contribution in [-0.2, 0) is 7.05 Å². The first-order valence-electron chi connectivity index (χ1n) is 7.89. The monoisotopic (exact) mass is 366 g/mol. The molecule has 0 spiro atoms. The lowest BCUT2D eigenvalue weighted by atomic mass is 10.2. The average molecular weight is 366 g/mol. The second-order valence-corrected chi connectivity index (χ2v) is 6.43. The van der Waals surface area contributed by atoms with E-state index in [2.05, 4.69) is 25.7 Å². The van der Waals surface area contributed by atoms with Crippen LogP contribution in [0.25, 0.3) is 32.0 Å². The van der Waals surface area contributed by atoms with Gasteiger partial charge in [0.15, 0.2) is 6.29 Å². The average Bonchev–Trinajstić information content (AvgIpc) is 3.26. The molecule has 0 unspecified atom stereocenters. The summed E-state index contributed by atoms with van der Waals surface area (Å²) in [7, 11) is 3.40. The van der Waals surface area contributed by atoms with Gasteiger partial charge in [0.05, 0.1) is 21.8 Å². The van der Waals surface area contributed by atoms with E-state index in [-0.39, 0.29) is 0 Å². The highest BCUT2D eigenvalue weighted by molar-refractivity contribution is 7.18. The zero-order valence-electron chi connectivity index (χ0n) is 14.7. The minimum absolute atomic E-state index is 0.437. The molecule has 26 heavy (non-hydrogen) atoms. The van der Waals surface area contributed by atoms with Crippen LogP contribution in [0.2, 0.25) is 0 Å². The molecule has 132 valence electrons. The van der Waals surface area contributed by atoms with Crippen LogP contribution in [0.3, 0.4) is 0 Å². The third-order valence-corrected chi connectivity index (χ3v) is 5.06. The number of hydrogen-bond donors (Lipinski definition) is 1. The van der Waals surface area contributed by atoms with Crippen LogP contribution in [0, 0.1) is 6.92 Å². The van der Waals surface area contributed by atoms with Gasteiger partial charge >= 0.3 is 0 Å². The highest BCUT2D eigenvalue weighted by atomic mass is 32.1. The molecule has 0 radical (unpaired) electrons. The standard InChI is InChI=1S/C17H13N5OS.CH5N/c1-10-16(24-17(20-10)12-6-18-9-19-7-12)13-5-11-3-4-22(2)15(11)14(8-23)21-13;1-2/h3-9H,1-2H3;2H2,1H3. The predicted octanol–water partition coefficient (Wildman–Crippen LogP) is 2.85. The number of thiazole rings is 1. The molecule has 0 aliphatic carbocycles. The van der Waals surface area contributed by atoms with Gasteiger partial charge in [-0.1, -0.05) is 0 Å². The van der Waals surface area contributed by atoms with Crippen molar-refractivity contribution in [2.45, 2.75) is 6.92 Å². The van der Waals surface area contributed by atoms with Gasteiger partial charge in [-0.3, -0.25) is 4.79 Å². The molecular formula is C18H18N6OS. The molecule has 4 aromatic rings. The number of aryl methyl sites for hydroxylation is 2. The van der Waals surface area contributed by atoms with Crippen molar-refractivity contribution in [2.24, 2.45) is 12.8 Å². The maximum absolute atomic E-state index is 11.5. The summed E-state index contributed by atoms with van der Waals surface area (Å²) in [6.07, 6.45) is 7.69. The SMILES string of the molecule is CN.Cc1nc(-c2cncnc2)sc1-c1cc2ccn(C)c2c(C=O)n1. The quantitative estimate of drug-likeness (QED) is 0.560. The van der Waals surface area contributed by atoms with Gasteiger partial charge in [-0.25, -0.2) is 19.9 Å². The number of hydrogen-bond acceptors (Lipinski definition) is 7. The highest BCUT2D eigenvalue weighted by Crippen LogP contribution is 2.35. The zero-order chi connectivity index (χ0) is 18.7. The molecule has 0 amide bonds. The number of rotatable bonds is 3. The molecule has 0 aliphatic rings. The van der Waals surface area contributed by atoms with E-state index in [1.807, 2.05) is 36.9 Å². The van der Waals surface area contributed by atoms with Crippen molar-refractivity contribution in [3.63, 3.8) is 0 Å². The van der Waals surface area contributed by atoms with Gasteiger partial charge in [0.2, 0.25) is 0 Å². The summed E-state index contributed by atoms with van der Waals surface area (Å²) in [5, 5.41) is 1.83. The largest absolute Gasteiger partial charge is 0.349 e. The van der Waals surface area contributed by atoms with Crippen molar-refractivity contribution in [1.82, 2.24) is 24.5 Å². The van der Waals surface area contributed by atoms with Crippen LogP contribution in [0.15, 0.2) is 37.1 Å². The Morgan fingerprint density at radius 1 is 1.19 bits per heavy atom. The lowest BCUT2D eigenvalue weighted by molar-refractivity contribution is 0.112. The Balaban J connectivity index is 0.000000948. The Kier molecular flexibility index (Phi) is 5.15. The lowest BCUT2D eigenvalue weighted by Gasteiger charge is -2.03. The molecule has 4 aromatic heterocycles. The predicted molar refractivity (Wildman–Crippen MR) is 103 cm³/mol. The van der Waals surface area contributed by atoms with Crippen LogP contribution < -0.4 is 5.73 Å². The van der Waals surface area contributed by atoms with Crippen LogP contribution >= 0.6 is 11.3 Å². The minimum atomic E-state index is 0.437. The molecule has 0 fully saturated rings. The number of aldehydes is 1. The maximum atomic E-state index is 11.5. The van der Waals surface area contributed by atoms with Crippen LogP contribution in [-0.4, -0.2) is 37.8 Å². The molecule has 7 nitrogen and oxygen atoms in total. The molecular weight excluding hydrogens is 348 g/mol. The number of carbonyl (C=O) groups excluding carboxylic acids is 1. The zero-order valence-corrected chi connectivity index (χ0v) is 15.5. The van der Waals surface area contributed by atoms with Crippen LogP contribution in [0.4, 0.5) is 0 Å². The molecule has 0 atom stereocenters. The number of nitrogens with two attached hydrogens (primary N) is 1. The molecule has 4 rings (SSSR count). The number of fused-ring (bicyclic) bond motifs is 1. The summed E-state index contributed by atoms with van der Waals surface area (Å²) in [4.78, 5) is 29.6. The molecule has 0 aromatic carbocycles. The fourth-order valence-corrected chi connectivity index (χ4v) is 3.72. The van der Waals surface area contributed by atoms with Crippen LogP contribution in [0.5, 0.6) is 0 Å². The van der Waals surface area contributed by atoms with E-state index in [0.29, 0.717) is 5.69 Å². The summed E-state index contributed by atoms with van der Waals surface area (Å²) in [5.41, 5.74) is 8.28. The Labute approximate surface area is 154 Å². The highest BCUT2D eigenvalue weighted by Gasteiger charge is 2.16. The summed E-state index contributed by atoms with van der Waals surface area (Å²) in [5.74, 6) is 0. The second kappa shape index (κ2) is 7.51. The molecule has 8 heteroatoms. The van der Waals surface area contributed by atoms with Gasteiger partial charge in [0.1, 0.15) is 17.0 Å². The Hall–Kier alpha value is -2.97. The van der Waals surface area contributed by atoms with Gasteiger partial charge in [0, 0.05) is 36.6 Å². The number of carbonyl (C=O) groups is 1. The normalized spacial score (nSPS) is 10.5. The third-order valence-electron chi connectivity index (χ3n) is 3.83. The Morgan fingerprint density at radius 3 is 2.62 bits per heavy atom. The van der Waals surface area contributed by atoms with E-state index in [1.165, 1.54) is 24.7 Å². The molecule has 0 saturated heterocycles. The fourth-order valence-electron chi connectivity index (χ4n) is 2.72. The first-order chi connectivity index (χ1) is 12.7. The minimum Gasteiger partial charge on any atom is -0.349 e. The number of nitrogens with zero attached hydrogens (tertiary/aromatic N) is 5. The van der Waals surface area contributed by atoms with Crippen LogP contribution in [0.1, 0.15) is 16.2 Å². The summed E-state index contributed by atoms with van der Waals surface area (Å²) >= 11 is 1.52. The molecule has 2 N–H and O–H groups in total. The van der Waals surface area contributed by atoms with Gasteiger partial charge in [0.25, 0.3) is 0 Å². The van der Waals surface area contributed by atoms with Crippen molar-refractivity contribution in [1.29, 1.82) is 0 Å². The summed E-state index contributed by atoms with van der Waals surface area (Å²) < 4.78 is 1.90. The molecule has 0 saturated carbocycles. The third kappa shape index (κ3) is 3.12. The lowest BCUT2D eigenvalue weighted by Crippen LogP contribution is -1.96. The van der Waals surface area contributed by atoms with Gasteiger partial charge in [-0.05, 0) is 26.1 Å². The Morgan fingerprint density at radius 2 is 1.92 bits per heavy atom. The Bertz CT molecular complexity index is 1050. The van der Waals surface area contributed by atoms with E-state index in [9.17, 15) is 4.79 Å². The van der Waals surface area contributed by atoms with Crippen molar-refractivity contribution in [3.8, 4) is 21.1 Å². The van der Waals surface area contributed by atoms with E-state index in [4.69, 9.17) is 0 Å². The topological polar surface area (TPSA) is 99.6 Å². The fraction of sp³-hybridized carbons (Fsp3) is 0.167. The first-order valence-corrected chi connectivity index (χ1v) is 8.71. The maximum Gasteiger partial charge on any atom is 0.170 e. The van der Waals surface area contributed by atoms with E-state index in [1.54, 1.807) is 12.4 Å². The smallest absolute Gasteiger partial charge is 0.170 e. The van der Waals surface area contributed by atoms with Gasteiger partial charge < -0.3 is 10.3 Å². The number of aromatic nitrogens is 5. The van der Waals surface area contributed by atoms with Gasteiger partial charge in [-0.2, -0.15) is 0 Å². The van der Waals surface area contributed by atoms with E-state index in [0.717, 1.165) is 44.0 Å². The summed E-state index contributed by atoms with van der Waals surface area (Å²) in [6.45, 7) is 1.94. The van der Waals surface area contributed by atoms with Crippen molar-refractivity contribution in [3.05, 3.63) is 48.4 Å². The number of pyridine rings is 1. The summed E-state index contributed by atoms with van der Waals surface area (Å²) in [6, 6.07) is 3.98. The van der Waals surface area contributed by atoms with E-state index < -0.39 is 0 Å². The van der Waals surface area contributed by atoms with Crippen molar-refractivity contribution in [2.75, 3.05) is 7.05 Å². The van der Waals surface area contributed by atoms with Crippen molar-refractivity contribution >= 4 is 28.5 Å². The molecule has 0 bridgehead atoms. The van der Waals surface area contributed by atoms with E-state index >= 15 is 0 Å².